The van der Waals surface area contributed by atoms with Crippen LogP contribution in [0.4, 0.5) is 5.69 Å². The highest BCUT2D eigenvalue weighted by molar-refractivity contribution is 6.31. The average Bonchev–Trinajstić information content (AvgIpc) is 2.75. The predicted octanol–water partition coefficient (Wildman–Crippen LogP) is 5.19. The molecule has 0 aromatic heterocycles. The lowest BCUT2D eigenvalue weighted by atomic mass is 9.76. The van der Waals surface area contributed by atoms with Gasteiger partial charge in [-0.3, -0.25) is 14.5 Å². The SMILES string of the molecule is COc1ccc([C@H]2CC(=O)N(c3cccc(Cl)c3C)C3=C2C(=O)CCC3)c(OC)c1. The number of anilines is 1. The van der Waals surface area contributed by atoms with Gasteiger partial charge in [0.05, 0.1) is 19.9 Å². The molecule has 6 heteroatoms. The van der Waals surface area contributed by atoms with E-state index in [0.717, 1.165) is 28.9 Å². The number of benzene rings is 2. The van der Waals surface area contributed by atoms with Gasteiger partial charge in [-0.25, -0.2) is 0 Å². The van der Waals surface area contributed by atoms with Crippen molar-refractivity contribution in [3.8, 4) is 11.5 Å². The van der Waals surface area contributed by atoms with Crippen molar-refractivity contribution < 1.29 is 19.1 Å². The summed E-state index contributed by atoms with van der Waals surface area (Å²) in [6.07, 6.45) is 2.09. The molecule has 0 saturated carbocycles. The van der Waals surface area contributed by atoms with Gasteiger partial charge in [-0.1, -0.05) is 23.7 Å². The number of hydrogen-bond acceptors (Lipinski definition) is 4. The summed E-state index contributed by atoms with van der Waals surface area (Å²) in [4.78, 5) is 28.2. The van der Waals surface area contributed by atoms with E-state index in [-0.39, 0.29) is 24.0 Å². The zero-order chi connectivity index (χ0) is 21.4. The number of rotatable bonds is 4. The number of carbonyl (C=O) groups excluding carboxylic acids is 2. The maximum absolute atomic E-state index is 13.4. The summed E-state index contributed by atoms with van der Waals surface area (Å²) < 4.78 is 10.9. The zero-order valence-electron chi connectivity index (χ0n) is 17.3. The van der Waals surface area contributed by atoms with Crippen LogP contribution in [-0.2, 0) is 9.59 Å². The van der Waals surface area contributed by atoms with Crippen molar-refractivity contribution in [2.24, 2.45) is 0 Å². The molecule has 1 aliphatic heterocycles. The van der Waals surface area contributed by atoms with Crippen LogP contribution in [0.25, 0.3) is 0 Å². The highest BCUT2D eigenvalue weighted by Gasteiger charge is 2.41. The standard InChI is InChI=1S/C24H24ClNO4/c1-14-18(25)6-4-7-19(14)26-20-8-5-9-21(27)24(20)17(13-23(26)28)16-11-10-15(29-2)12-22(16)30-3/h4,6-7,10-12,17H,5,8-9,13H2,1-3H3/t17-/m1/s1. The summed E-state index contributed by atoms with van der Waals surface area (Å²) in [6, 6.07) is 11.0. The van der Waals surface area contributed by atoms with Gasteiger partial charge in [0.15, 0.2) is 5.78 Å². The fraction of sp³-hybridized carbons (Fsp3) is 0.333. The number of amides is 1. The normalized spacial score (nSPS) is 19.1. The maximum atomic E-state index is 13.4. The highest BCUT2D eigenvalue weighted by atomic mass is 35.5. The Labute approximate surface area is 181 Å². The predicted molar refractivity (Wildman–Crippen MR) is 116 cm³/mol. The van der Waals surface area contributed by atoms with E-state index in [1.807, 2.05) is 31.2 Å². The Hall–Kier alpha value is -2.79. The van der Waals surface area contributed by atoms with E-state index in [1.54, 1.807) is 31.3 Å². The Kier molecular flexibility index (Phi) is 5.56. The fourth-order valence-electron chi connectivity index (χ4n) is 4.48. The highest BCUT2D eigenvalue weighted by Crippen LogP contribution is 2.46. The van der Waals surface area contributed by atoms with Gasteiger partial charge < -0.3 is 9.47 Å². The molecule has 0 radical (unpaired) electrons. The van der Waals surface area contributed by atoms with E-state index in [9.17, 15) is 9.59 Å². The molecule has 0 spiro atoms. The molecule has 1 amide bonds. The van der Waals surface area contributed by atoms with Crippen molar-refractivity contribution in [3.63, 3.8) is 0 Å². The van der Waals surface area contributed by atoms with Gasteiger partial charge in [0.2, 0.25) is 5.91 Å². The number of Topliss-reactive ketones (excluding diaryl/α,β-unsaturated/α-hetero) is 1. The van der Waals surface area contributed by atoms with Gasteiger partial charge in [-0.2, -0.15) is 0 Å². The number of carbonyl (C=O) groups is 2. The molecule has 2 aromatic carbocycles. The first-order chi connectivity index (χ1) is 14.5. The lowest BCUT2D eigenvalue weighted by molar-refractivity contribution is -0.119. The number of methoxy groups -OCH3 is 2. The maximum Gasteiger partial charge on any atom is 0.232 e. The molecule has 1 heterocycles. The van der Waals surface area contributed by atoms with Crippen LogP contribution in [0.3, 0.4) is 0 Å². The van der Waals surface area contributed by atoms with Gasteiger partial charge in [-0.05, 0) is 43.5 Å². The monoisotopic (exact) mass is 425 g/mol. The van der Waals surface area contributed by atoms with E-state index < -0.39 is 0 Å². The topological polar surface area (TPSA) is 55.8 Å². The number of allylic oxidation sites excluding steroid dienone is 2. The first kappa shape index (κ1) is 20.5. The number of nitrogens with zero attached hydrogens (tertiary/aromatic N) is 1. The van der Waals surface area contributed by atoms with Crippen LogP contribution >= 0.6 is 11.6 Å². The first-order valence-electron chi connectivity index (χ1n) is 10.0. The average molecular weight is 426 g/mol. The number of ether oxygens (including phenoxy) is 2. The third kappa shape index (κ3) is 3.37. The van der Waals surface area contributed by atoms with Crippen molar-refractivity contribution >= 4 is 29.0 Å². The van der Waals surface area contributed by atoms with Crippen LogP contribution in [-0.4, -0.2) is 25.9 Å². The Bertz CT molecular complexity index is 1060. The molecule has 0 N–H and O–H groups in total. The smallest absolute Gasteiger partial charge is 0.232 e. The molecule has 1 atom stereocenters. The number of ketones is 1. The van der Waals surface area contributed by atoms with Gasteiger partial charge in [-0.15, -0.1) is 0 Å². The molecule has 0 saturated heterocycles. The quantitative estimate of drug-likeness (QED) is 0.676. The van der Waals surface area contributed by atoms with Crippen molar-refractivity contribution in [1.29, 1.82) is 0 Å². The lowest BCUT2D eigenvalue weighted by Gasteiger charge is -2.39. The second-order valence-corrected chi connectivity index (χ2v) is 8.02. The minimum atomic E-state index is -0.336. The van der Waals surface area contributed by atoms with Gasteiger partial charge in [0, 0.05) is 46.7 Å². The van der Waals surface area contributed by atoms with Crippen LogP contribution in [0, 0.1) is 6.92 Å². The molecule has 2 aliphatic rings. The summed E-state index contributed by atoms with van der Waals surface area (Å²) >= 11 is 6.33. The van der Waals surface area contributed by atoms with Gasteiger partial charge >= 0.3 is 0 Å². The van der Waals surface area contributed by atoms with Crippen LogP contribution in [0.5, 0.6) is 11.5 Å². The zero-order valence-corrected chi connectivity index (χ0v) is 18.1. The van der Waals surface area contributed by atoms with Crippen LogP contribution in [0.15, 0.2) is 47.7 Å². The third-order valence-corrected chi connectivity index (χ3v) is 6.38. The number of hydrogen-bond donors (Lipinski definition) is 0. The molecule has 5 nitrogen and oxygen atoms in total. The van der Waals surface area contributed by atoms with Crippen LogP contribution in [0.1, 0.15) is 42.7 Å². The van der Waals surface area contributed by atoms with Crippen molar-refractivity contribution in [2.75, 3.05) is 19.1 Å². The fourth-order valence-corrected chi connectivity index (χ4v) is 4.65. The van der Waals surface area contributed by atoms with E-state index in [2.05, 4.69) is 0 Å². The van der Waals surface area contributed by atoms with E-state index in [0.29, 0.717) is 34.9 Å². The van der Waals surface area contributed by atoms with Crippen molar-refractivity contribution in [2.45, 2.75) is 38.5 Å². The second kappa shape index (κ2) is 8.15. The first-order valence-corrected chi connectivity index (χ1v) is 10.4. The molecule has 1 aliphatic carbocycles. The molecule has 30 heavy (non-hydrogen) atoms. The molecule has 0 bridgehead atoms. The van der Waals surface area contributed by atoms with Gasteiger partial charge in [0.1, 0.15) is 11.5 Å². The van der Waals surface area contributed by atoms with Crippen molar-refractivity contribution in [1.82, 2.24) is 0 Å². The number of halogens is 1. The molecular formula is C24H24ClNO4. The summed E-state index contributed by atoms with van der Waals surface area (Å²) in [7, 11) is 3.18. The molecule has 156 valence electrons. The minimum absolute atomic E-state index is 0.0447. The van der Waals surface area contributed by atoms with Crippen LogP contribution < -0.4 is 14.4 Å². The van der Waals surface area contributed by atoms with E-state index in [1.165, 1.54) is 0 Å². The molecule has 0 unspecified atom stereocenters. The van der Waals surface area contributed by atoms with Crippen molar-refractivity contribution in [3.05, 3.63) is 63.8 Å². The lowest BCUT2D eigenvalue weighted by Crippen LogP contribution is -2.41. The Morgan fingerprint density at radius 2 is 1.87 bits per heavy atom. The summed E-state index contributed by atoms with van der Waals surface area (Å²) in [5.41, 5.74) is 3.91. The van der Waals surface area contributed by atoms with E-state index >= 15 is 0 Å². The summed E-state index contributed by atoms with van der Waals surface area (Å²) in [5, 5.41) is 0.600. The third-order valence-electron chi connectivity index (χ3n) is 5.97. The summed E-state index contributed by atoms with van der Waals surface area (Å²) in [5.74, 6) is 0.993. The molecule has 2 aromatic rings. The summed E-state index contributed by atoms with van der Waals surface area (Å²) in [6.45, 7) is 1.90. The Morgan fingerprint density at radius 1 is 1.07 bits per heavy atom. The largest absolute Gasteiger partial charge is 0.497 e. The Morgan fingerprint density at radius 3 is 2.60 bits per heavy atom. The van der Waals surface area contributed by atoms with Gasteiger partial charge in [0.25, 0.3) is 0 Å². The second-order valence-electron chi connectivity index (χ2n) is 7.61. The molecule has 0 fully saturated rings. The minimum Gasteiger partial charge on any atom is -0.497 e. The Balaban J connectivity index is 1.89. The van der Waals surface area contributed by atoms with Crippen LogP contribution in [0.2, 0.25) is 5.02 Å². The van der Waals surface area contributed by atoms with E-state index in [4.69, 9.17) is 21.1 Å². The molecular weight excluding hydrogens is 402 g/mol. The molecule has 4 rings (SSSR count).